The smallest absolute Gasteiger partial charge is 0.204 e. The molecule has 0 radical (unpaired) electrons. The Labute approximate surface area is 106 Å². The number of ketones is 1. The number of aromatic nitrogens is 1. The molecule has 0 amide bonds. The molecule has 4 heteroatoms. The van der Waals surface area contributed by atoms with Crippen LogP contribution >= 0.6 is 0 Å². The van der Waals surface area contributed by atoms with Gasteiger partial charge in [0.25, 0.3) is 0 Å². The Balaban J connectivity index is 2.48. The first kappa shape index (κ1) is 12.5. The van der Waals surface area contributed by atoms with E-state index in [0.29, 0.717) is 11.0 Å². The molecular formula is C14H16N2O2. The van der Waals surface area contributed by atoms with E-state index in [0.717, 1.165) is 10.3 Å². The minimum absolute atomic E-state index is 0.108. The van der Waals surface area contributed by atoms with Crippen molar-refractivity contribution < 1.29 is 10.0 Å². The highest BCUT2D eigenvalue weighted by atomic mass is 16.5. The predicted molar refractivity (Wildman–Crippen MR) is 69.3 cm³/mol. The lowest BCUT2D eigenvalue weighted by atomic mass is 10.1. The molecule has 1 aliphatic carbocycles. The van der Waals surface area contributed by atoms with Crippen molar-refractivity contribution in [1.82, 2.24) is 10.0 Å². The molecule has 2 rings (SSSR count). The summed E-state index contributed by atoms with van der Waals surface area (Å²) in [6, 6.07) is 3.60. The maximum Gasteiger partial charge on any atom is 0.204 e. The van der Waals surface area contributed by atoms with Crippen molar-refractivity contribution >= 4 is 18.1 Å². The molecule has 0 fully saturated rings. The number of hydroxylamine groups is 2. The third-order valence-electron chi connectivity index (χ3n) is 2.65. The SMILES string of the molecule is CC(C)(C)N(O)C=c1ccc2c(n1)C(=O)C=CC=2. The van der Waals surface area contributed by atoms with Crippen LogP contribution < -0.4 is 10.6 Å². The Morgan fingerprint density at radius 2 is 2.06 bits per heavy atom. The number of pyridine rings is 1. The average Bonchev–Trinajstić information content (AvgIpc) is 2.29. The van der Waals surface area contributed by atoms with Gasteiger partial charge in [-0.1, -0.05) is 18.2 Å². The van der Waals surface area contributed by atoms with Crippen LogP contribution in [0.5, 0.6) is 0 Å². The van der Waals surface area contributed by atoms with Crippen LogP contribution in [0.2, 0.25) is 0 Å². The topological polar surface area (TPSA) is 53.4 Å². The molecule has 4 nitrogen and oxygen atoms in total. The molecule has 0 aromatic carbocycles. The average molecular weight is 244 g/mol. The summed E-state index contributed by atoms with van der Waals surface area (Å²) in [5.74, 6) is -0.108. The largest absolute Gasteiger partial charge is 0.288 e. The molecule has 18 heavy (non-hydrogen) atoms. The van der Waals surface area contributed by atoms with Gasteiger partial charge in [0, 0.05) is 5.22 Å². The fourth-order valence-corrected chi connectivity index (χ4v) is 1.53. The van der Waals surface area contributed by atoms with Crippen molar-refractivity contribution in [1.29, 1.82) is 0 Å². The third kappa shape index (κ3) is 2.49. The molecule has 0 bridgehead atoms. The molecular weight excluding hydrogens is 228 g/mol. The molecule has 0 unspecified atom stereocenters. The van der Waals surface area contributed by atoms with E-state index in [4.69, 9.17) is 0 Å². The maximum atomic E-state index is 11.7. The Morgan fingerprint density at radius 1 is 1.33 bits per heavy atom. The maximum absolute atomic E-state index is 11.7. The van der Waals surface area contributed by atoms with E-state index in [-0.39, 0.29) is 5.78 Å². The molecule has 0 saturated heterocycles. The van der Waals surface area contributed by atoms with Crippen LogP contribution in [0.25, 0.3) is 12.3 Å². The summed E-state index contributed by atoms with van der Waals surface area (Å²) >= 11 is 0. The number of rotatable bonds is 1. The lowest BCUT2D eigenvalue weighted by molar-refractivity contribution is -0.0907. The van der Waals surface area contributed by atoms with Gasteiger partial charge in [-0.15, -0.1) is 0 Å². The van der Waals surface area contributed by atoms with Gasteiger partial charge in [-0.3, -0.25) is 15.1 Å². The van der Waals surface area contributed by atoms with Crippen LogP contribution in [-0.4, -0.2) is 26.6 Å². The van der Waals surface area contributed by atoms with E-state index in [1.54, 1.807) is 12.1 Å². The van der Waals surface area contributed by atoms with Crippen LogP contribution in [0.4, 0.5) is 0 Å². The normalized spacial score (nSPS) is 15.3. The lowest BCUT2D eigenvalue weighted by Crippen LogP contribution is -2.36. The van der Waals surface area contributed by atoms with Crippen molar-refractivity contribution in [3.8, 4) is 0 Å². The predicted octanol–water partition coefficient (Wildman–Crippen LogP) is 0.842. The number of fused-ring (bicyclic) bond motifs is 1. The van der Waals surface area contributed by atoms with Gasteiger partial charge in [0.1, 0.15) is 5.69 Å². The molecule has 94 valence electrons. The standard InChI is InChI=1S/C14H16N2O2/c1-14(2,3)16(18)9-11-8-7-10-5-4-6-12(17)13(10)15-11/h4-9,18H,1-3H3. The van der Waals surface area contributed by atoms with Crippen molar-refractivity contribution in [3.05, 3.63) is 40.5 Å². The van der Waals surface area contributed by atoms with Crippen LogP contribution in [0.15, 0.2) is 24.3 Å². The zero-order chi connectivity index (χ0) is 13.3. The van der Waals surface area contributed by atoms with Crippen LogP contribution in [0.1, 0.15) is 31.3 Å². The molecule has 0 spiro atoms. The minimum Gasteiger partial charge on any atom is -0.288 e. The molecule has 1 aromatic heterocycles. The second-order valence-corrected chi connectivity index (χ2v) is 5.21. The molecule has 1 N–H and O–H groups in total. The highest BCUT2D eigenvalue weighted by molar-refractivity contribution is 6.05. The molecule has 1 aliphatic rings. The Morgan fingerprint density at radius 3 is 2.72 bits per heavy atom. The van der Waals surface area contributed by atoms with E-state index < -0.39 is 5.54 Å². The lowest BCUT2D eigenvalue weighted by Gasteiger charge is -2.27. The summed E-state index contributed by atoms with van der Waals surface area (Å²) in [5.41, 5.74) is 0.0155. The van der Waals surface area contributed by atoms with Gasteiger partial charge in [0.2, 0.25) is 5.78 Å². The third-order valence-corrected chi connectivity index (χ3v) is 2.65. The van der Waals surface area contributed by atoms with Crippen LogP contribution in [0.3, 0.4) is 0 Å². The Kier molecular flexibility index (Phi) is 3.05. The van der Waals surface area contributed by atoms with Crippen molar-refractivity contribution in [2.45, 2.75) is 26.3 Å². The van der Waals surface area contributed by atoms with Crippen LogP contribution in [-0.2, 0) is 0 Å². The second kappa shape index (κ2) is 4.38. The molecule has 0 aliphatic heterocycles. The molecule has 0 atom stereocenters. The van der Waals surface area contributed by atoms with E-state index in [1.807, 2.05) is 32.9 Å². The van der Waals surface area contributed by atoms with E-state index in [1.165, 1.54) is 12.3 Å². The van der Waals surface area contributed by atoms with E-state index in [2.05, 4.69) is 4.98 Å². The monoisotopic (exact) mass is 244 g/mol. The fourth-order valence-electron chi connectivity index (χ4n) is 1.53. The number of nitrogens with zero attached hydrogens (tertiary/aromatic N) is 2. The number of hydrogen-bond acceptors (Lipinski definition) is 4. The van der Waals surface area contributed by atoms with Gasteiger partial charge < -0.3 is 0 Å². The van der Waals surface area contributed by atoms with Gasteiger partial charge in [-0.2, -0.15) is 0 Å². The zero-order valence-electron chi connectivity index (χ0n) is 10.7. The quantitative estimate of drug-likeness (QED) is 0.744. The van der Waals surface area contributed by atoms with Gasteiger partial charge in [-0.05, 0) is 32.9 Å². The van der Waals surface area contributed by atoms with E-state index >= 15 is 0 Å². The highest BCUT2D eigenvalue weighted by Gasteiger charge is 2.16. The van der Waals surface area contributed by atoms with Crippen molar-refractivity contribution in [2.24, 2.45) is 0 Å². The van der Waals surface area contributed by atoms with Gasteiger partial charge >= 0.3 is 0 Å². The first-order valence-corrected chi connectivity index (χ1v) is 5.78. The van der Waals surface area contributed by atoms with Gasteiger partial charge in [-0.25, -0.2) is 4.98 Å². The molecule has 0 saturated carbocycles. The Hall–Kier alpha value is -1.94. The fraction of sp³-hybridized carbons (Fsp3) is 0.286. The number of carbonyl (C=O) groups is 1. The molecule has 1 heterocycles. The number of allylic oxidation sites excluding steroid dienone is 2. The van der Waals surface area contributed by atoms with Gasteiger partial charge in [0.05, 0.1) is 17.1 Å². The zero-order valence-corrected chi connectivity index (χ0v) is 10.7. The summed E-state index contributed by atoms with van der Waals surface area (Å²) in [6.45, 7) is 5.64. The summed E-state index contributed by atoms with van der Waals surface area (Å²) in [6.07, 6.45) is 6.56. The van der Waals surface area contributed by atoms with Crippen LogP contribution in [0, 0.1) is 0 Å². The summed E-state index contributed by atoms with van der Waals surface area (Å²) in [7, 11) is 0. The first-order valence-electron chi connectivity index (χ1n) is 5.78. The van der Waals surface area contributed by atoms with Gasteiger partial charge in [0.15, 0.2) is 0 Å². The van der Waals surface area contributed by atoms with E-state index in [9.17, 15) is 10.0 Å². The van der Waals surface area contributed by atoms with Crippen molar-refractivity contribution in [2.75, 3.05) is 0 Å². The summed E-state index contributed by atoms with van der Waals surface area (Å²) < 4.78 is 0. The second-order valence-electron chi connectivity index (χ2n) is 5.21. The Bertz CT molecular complexity index is 624. The first-order chi connectivity index (χ1) is 8.38. The molecule has 1 aromatic rings. The highest BCUT2D eigenvalue weighted by Crippen LogP contribution is 2.09. The summed E-state index contributed by atoms with van der Waals surface area (Å²) in [5, 5.41) is 12.3. The number of hydrogen-bond donors (Lipinski definition) is 1. The summed E-state index contributed by atoms with van der Waals surface area (Å²) in [4.78, 5) is 15.9. The minimum atomic E-state index is -0.409. The number of carbonyl (C=O) groups excluding carboxylic acids is 1. The van der Waals surface area contributed by atoms with Crippen molar-refractivity contribution in [3.63, 3.8) is 0 Å².